The summed E-state index contributed by atoms with van der Waals surface area (Å²) >= 11 is 0. The molecule has 0 amide bonds. The number of aromatic nitrogens is 2. The fourth-order valence-electron chi connectivity index (χ4n) is 1.43. The van der Waals surface area contributed by atoms with Crippen LogP contribution in [0.5, 0.6) is 0 Å². The molecule has 5 heteroatoms. The van der Waals surface area contributed by atoms with Gasteiger partial charge in [0, 0.05) is 12.4 Å². The second-order valence-corrected chi connectivity index (χ2v) is 4.10. The molecule has 1 aromatic heterocycles. The maximum Gasteiger partial charge on any atom is 0.329 e. The van der Waals surface area contributed by atoms with E-state index in [4.69, 9.17) is 5.11 Å². The zero-order valence-electron chi connectivity index (χ0n) is 9.82. The standard InChI is InChI=1S/C11H17N3O2/c1-4-5-11(3,9(15)16)14-10-12-6-8(2)7-13-10/h6-7H,4-5H2,1-3H3,(H,15,16)(H,12,13,14). The number of nitrogens with one attached hydrogen (secondary N) is 1. The van der Waals surface area contributed by atoms with Crippen molar-refractivity contribution in [2.45, 2.75) is 39.2 Å². The van der Waals surface area contributed by atoms with Gasteiger partial charge < -0.3 is 10.4 Å². The maximum atomic E-state index is 11.2. The van der Waals surface area contributed by atoms with E-state index in [1.165, 1.54) is 0 Å². The summed E-state index contributed by atoms with van der Waals surface area (Å²) in [5, 5.41) is 12.0. The minimum Gasteiger partial charge on any atom is -0.480 e. The van der Waals surface area contributed by atoms with Crippen molar-refractivity contribution in [2.75, 3.05) is 5.32 Å². The zero-order chi connectivity index (χ0) is 12.2. The molecule has 5 nitrogen and oxygen atoms in total. The molecule has 1 heterocycles. The van der Waals surface area contributed by atoms with Crippen LogP contribution < -0.4 is 5.32 Å². The summed E-state index contributed by atoms with van der Waals surface area (Å²) < 4.78 is 0. The van der Waals surface area contributed by atoms with Crippen LogP contribution in [0.2, 0.25) is 0 Å². The number of aryl methyl sites for hydroxylation is 1. The highest BCUT2D eigenvalue weighted by Crippen LogP contribution is 2.17. The van der Waals surface area contributed by atoms with Crippen molar-refractivity contribution in [3.63, 3.8) is 0 Å². The molecule has 0 bridgehead atoms. The fraction of sp³-hybridized carbons (Fsp3) is 0.545. The fourth-order valence-corrected chi connectivity index (χ4v) is 1.43. The first-order valence-corrected chi connectivity index (χ1v) is 5.28. The van der Waals surface area contributed by atoms with Crippen molar-refractivity contribution in [1.29, 1.82) is 0 Å². The average molecular weight is 223 g/mol. The van der Waals surface area contributed by atoms with Gasteiger partial charge in [0.25, 0.3) is 0 Å². The molecular weight excluding hydrogens is 206 g/mol. The lowest BCUT2D eigenvalue weighted by Gasteiger charge is -2.25. The summed E-state index contributed by atoms with van der Waals surface area (Å²) in [4.78, 5) is 19.2. The number of anilines is 1. The molecule has 1 atom stereocenters. The normalized spacial score (nSPS) is 14.2. The molecule has 0 spiro atoms. The summed E-state index contributed by atoms with van der Waals surface area (Å²) in [5.41, 5.74) is -0.0673. The lowest BCUT2D eigenvalue weighted by atomic mass is 9.97. The molecule has 0 radical (unpaired) electrons. The van der Waals surface area contributed by atoms with Gasteiger partial charge in [-0.1, -0.05) is 13.3 Å². The first kappa shape index (κ1) is 12.4. The van der Waals surface area contributed by atoms with Crippen molar-refractivity contribution in [1.82, 2.24) is 9.97 Å². The van der Waals surface area contributed by atoms with Gasteiger partial charge in [0.15, 0.2) is 0 Å². The van der Waals surface area contributed by atoms with Crippen LogP contribution >= 0.6 is 0 Å². The van der Waals surface area contributed by atoms with Crippen LogP contribution in [0.25, 0.3) is 0 Å². The second-order valence-electron chi connectivity index (χ2n) is 4.10. The van der Waals surface area contributed by atoms with E-state index in [0.717, 1.165) is 12.0 Å². The van der Waals surface area contributed by atoms with Gasteiger partial charge in [0.05, 0.1) is 0 Å². The molecule has 16 heavy (non-hydrogen) atoms. The predicted octanol–water partition coefficient (Wildman–Crippen LogP) is 1.84. The molecule has 0 saturated carbocycles. The average Bonchev–Trinajstić information content (AvgIpc) is 2.22. The summed E-state index contributed by atoms with van der Waals surface area (Å²) in [7, 11) is 0. The molecule has 2 N–H and O–H groups in total. The van der Waals surface area contributed by atoms with E-state index in [1.807, 2.05) is 13.8 Å². The molecule has 1 rings (SSSR count). The Morgan fingerprint density at radius 3 is 2.50 bits per heavy atom. The third kappa shape index (κ3) is 2.92. The van der Waals surface area contributed by atoms with Gasteiger partial charge >= 0.3 is 5.97 Å². The van der Waals surface area contributed by atoms with Crippen LogP contribution in [0.1, 0.15) is 32.3 Å². The molecule has 0 aliphatic carbocycles. The molecular formula is C11H17N3O2. The van der Waals surface area contributed by atoms with Gasteiger partial charge in [-0.2, -0.15) is 0 Å². The van der Waals surface area contributed by atoms with E-state index in [0.29, 0.717) is 12.4 Å². The Morgan fingerprint density at radius 1 is 1.50 bits per heavy atom. The number of aliphatic carboxylic acids is 1. The van der Waals surface area contributed by atoms with Gasteiger partial charge in [0.1, 0.15) is 5.54 Å². The Labute approximate surface area is 94.9 Å². The van der Waals surface area contributed by atoms with E-state index in [1.54, 1.807) is 19.3 Å². The SMILES string of the molecule is CCCC(C)(Nc1ncc(C)cn1)C(=O)O. The van der Waals surface area contributed by atoms with E-state index in [-0.39, 0.29) is 0 Å². The number of rotatable bonds is 5. The smallest absolute Gasteiger partial charge is 0.329 e. The van der Waals surface area contributed by atoms with Crippen molar-refractivity contribution >= 4 is 11.9 Å². The van der Waals surface area contributed by atoms with E-state index >= 15 is 0 Å². The topological polar surface area (TPSA) is 75.1 Å². The molecule has 0 aliphatic heterocycles. The molecule has 0 aliphatic rings. The Morgan fingerprint density at radius 2 is 2.06 bits per heavy atom. The number of nitrogens with zero attached hydrogens (tertiary/aromatic N) is 2. The number of hydrogen-bond donors (Lipinski definition) is 2. The van der Waals surface area contributed by atoms with Crippen LogP contribution in [-0.2, 0) is 4.79 Å². The highest BCUT2D eigenvalue weighted by molar-refractivity contribution is 5.81. The minimum absolute atomic E-state index is 0.351. The molecule has 1 unspecified atom stereocenters. The largest absolute Gasteiger partial charge is 0.480 e. The van der Waals surface area contributed by atoms with Crippen LogP contribution in [-0.4, -0.2) is 26.6 Å². The number of carboxylic acid groups (broad SMARTS) is 1. The lowest BCUT2D eigenvalue weighted by Crippen LogP contribution is -2.43. The third-order valence-corrected chi connectivity index (χ3v) is 2.39. The van der Waals surface area contributed by atoms with Crippen molar-refractivity contribution in [3.8, 4) is 0 Å². The van der Waals surface area contributed by atoms with Gasteiger partial charge in [-0.3, -0.25) is 0 Å². The number of hydrogen-bond acceptors (Lipinski definition) is 4. The van der Waals surface area contributed by atoms with Gasteiger partial charge in [-0.05, 0) is 25.8 Å². The van der Waals surface area contributed by atoms with Crippen LogP contribution in [0.4, 0.5) is 5.95 Å². The Hall–Kier alpha value is -1.65. The summed E-state index contributed by atoms with van der Waals surface area (Å²) in [6.45, 7) is 5.47. The first-order chi connectivity index (χ1) is 7.48. The predicted molar refractivity (Wildman–Crippen MR) is 61.3 cm³/mol. The Balaban J connectivity index is 2.83. The van der Waals surface area contributed by atoms with Crippen molar-refractivity contribution < 1.29 is 9.90 Å². The van der Waals surface area contributed by atoms with E-state index < -0.39 is 11.5 Å². The Bertz CT molecular complexity index is 364. The second kappa shape index (κ2) is 4.92. The van der Waals surface area contributed by atoms with Gasteiger partial charge in [-0.25, -0.2) is 14.8 Å². The minimum atomic E-state index is -1.01. The van der Waals surface area contributed by atoms with Crippen LogP contribution in [0.15, 0.2) is 12.4 Å². The molecule has 0 aromatic carbocycles. The summed E-state index contributed by atoms with van der Waals surface area (Å²) in [6, 6.07) is 0. The summed E-state index contributed by atoms with van der Waals surface area (Å²) in [6.07, 6.45) is 4.62. The Kier molecular flexibility index (Phi) is 3.82. The molecule has 1 aromatic rings. The first-order valence-electron chi connectivity index (χ1n) is 5.28. The summed E-state index contributed by atoms with van der Waals surface area (Å²) in [5.74, 6) is -0.539. The number of carboxylic acids is 1. The van der Waals surface area contributed by atoms with Crippen LogP contribution in [0, 0.1) is 6.92 Å². The monoisotopic (exact) mass is 223 g/mol. The van der Waals surface area contributed by atoms with E-state index in [2.05, 4.69) is 15.3 Å². The van der Waals surface area contributed by atoms with Gasteiger partial charge in [0.2, 0.25) is 5.95 Å². The highest BCUT2D eigenvalue weighted by atomic mass is 16.4. The molecule has 88 valence electrons. The third-order valence-electron chi connectivity index (χ3n) is 2.39. The van der Waals surface area contributed by atoms with E-state index in [9.17, 15) is 4.79 Å². The van der Waals surface area contributed by atoms with Gasteiger partial charge in [-0.15, -0.1) is 0 Å². The molecule has 0 fully saturated rings. The van der Waals surface area contributed by atoms with Crippen LogP contribution in [0.3, 0.4) is 0 Å². The quantitative estimate of drug-likeness (QED) is 0.796. The maximum absolute atomic E-state index is 11.2. The van der Waals surface area contributed by atoms with Crippen molar-refractivity contribution in [3.05, 3.63) is 18.0 Å². The highest BCUT2D eigenvalue weighted by Gasteiger charge is 2.32. The molecule has 0 saturated heterocycles. The zero-order valence-corrected chi connectivity index (χ0v) is 9.82. The lowest BCUT2D eigenvalue weighted by molar-refractivity contribution is -0.142. The van der Waals surface area contributed by atoms with Crippen molar-refractivity contribution in [2.24, 2.45) is 0 Å². The number of carbonyl (C=O) groups is 1.